The van der Waals surface area contributed by atoms with Gasteiger partial charge in [-0.05, 0) is 30.2 Å². The third-order valence-corrected chi connectivity index (χ3v) is 6.64. The standard InChI is InChI=1S/C27H33ClN8O2/c1-2-14-38-19-36-26-21(18-31-27(33-26)29-10-11-35-12-15-37-16-13-35)25(34-36)23-8-5-9-24(32-23)30-17-20-6-3-4-7-22(20)28/h3-9,18H,2,10-17,19H2,1H3,(H,30,32)(H,29,31,33). The van der Waals surface area contributed by atoms with Gasteiger partial charge in [0.1, 0.15) is 18.2 Å². The molecule has 200 valence electrons. The van der Waals surface area contributed by atoms with E-state index in [0.29, 0.717) is 37.2 Å². The maximum absolute atomic E-state index is 6.31. The van der Waals surface area contributed by atoms with Gasteiger partial charge < -0.3 is 20.1 Å². The molecule has 10 nitrogen and oxygen atoms in total. The number of hydrogen-bond donors (Lipinski definition) is 2. The van der Waals surface area contributed by atoms with Gasteiger partial charge in [-0.25, -0.2) is 14.6 Å². The first-order valence-corrected chi connectivity index (χ1v) is 13.4. The van der Waals surface area contributed by atoms with Gasteiger partial charge in [0.25, 0.3) is 0 Å². The van der Waals surface area contributed by atoms with Crippen LogP contribution in [0.25, 0.3) is 22.4 Å². The van der Waals surface area contributed by atoms with E-state index >= 15 is 0 Å². The third-order valence-electron chi connectivity index (χ3n) is 6.28. The summed E-state index contributed by atoms with van der Waals surface area (Å²) in [6.45, 7) is 8.73. The SMILES string of the molecule is CCCOCn1nc(-c2cccc(NCc3ccccc3Cl)n2)c2cnc(NCCN3CCOCC3)nc21. The van der Waals surface area contributed by atoms with Crippen molar-refractivity contribution in [2.24, 2.45) is 0 Å². The Balaban J connectivity index is 1.35. The molecule has 4 heterocycles. The number of hydrogen-bond acceptors (Lipinski definition) is 9. The second kappa shape index (κ2) is 13.0. The highest BCUT2D eigenvalue weighted by Crippen LogP contribution is 2.27. The van der Waals surface area contributed by atoms with E-state index in [2.05, 4.69) is 27.4 Å². The maximum atomic E-state index is 6.31. The van der Waals surface area contributed by atoms with Crippen molar-refractivity contribution < 1.29 is 9.47 Å². The van der Waals surface area contributed by atoms with E-state index in [0.717, 1.165) is 73.3 Å². The predicted octanol–water partition coefficient (Wildman–Crippen LogP) is 4.28. The van der Waals surface area contributed by atoms with Gasteiger partial charge in [-0.3, -0.25) is 4.90 Å². The Morgan fingerprint density at radius 1 is 1.05 bits per heavy atom. The molecule has 0 atom stereocenters. The summed E-state index contributed by atoms with van der Waals surface area (Å²) in [5.74, 6) is 1.30. The van der Waals surface area contributed by atoms with Crippen LogP contribution >= 0.6 is 11.6 Å². The predicted molar refractivity (Wildman–Crippen MR) is 149 cm³/mol. The van der Waals surface area contributed by atoms with Gasteiger partial charge in [0.05, 0.1) is 24.3 Å². The largest absolute Gasteiger partial charge is 0.379 e. The number of morpholine rings is 1. The van der Waals surface area contributed by atoms with Crippen molar-refractivity contribution in [2.45, 2.75) is 26.6 Å². The molecule has 1 fully saturated rings. The fourth-order valence-electron chi connectivity index (χ4n) is 4.26. The van der Waals surface area contributed by atoms with E-state index in [1.54, 1.807) is 4.68 Å². The number of fused-ring (bicyclic) bond motifs is 1. The quantitative estimate of drug-likeness (QED) is 0.257. The lowest BCUT2D eigenvalue weighted by Gasteiger charge is -2.26. The molecule has 1 aromatic carbocycles. The van der Waals surface area contributed by atoms with E-state index in [-0.39, 0.29) is 0 Å². The van der Waals surface area contributed by atoms with Gasteiger partial charge in [-0.2, -0.15) is 10.1 Å². The zero-order valence-corrected chi connectivity index (χ0v) is 22.3. The summed E-state index contributed by atoms with van der Waals surface area (Å²) in [5, 5.41) is 13.1. The summed E-state index contributed by atoms with van der Waals surface area (Å²) in [5.41, 5.74) is 3.15. The van der Waals surface area contributed by atoms with E-state index in [1.165, 1.54) is 0 Å². The number of pyridine rings is 1. The molecular formula is C27H33ClN8O2. The smallest absolute Gasteiger partial charge is 0.224 e. The molecule has 1 aliphatic rings. The molecule has 11 heteroatoms. The number of rotatable bonds is 12. The monoisotopic (exact) mass is 536 g/mol. The van der Waals surface area contributed by atoms with Crippen LogP contribution in [0, 0.1) is 0 Å². The maximum Gasteiger partial charge on any atom is 0.224 e. The molecule has 0 saturated carbocycles. The minimum Gasteiger partial charge on any atom is -0.379 e. The van der Waals surface area contributed by atoms with Crippen LogP contribution in [0.2, 0.25) is 5.02 Å². The van der Waals surface area contributed by atoms with Crippen molar-refractivity contribution in [1.29, 1.82) is 0 Å². The number of aromatic nitrogens is 5. The van der Waals surface area contributed by atoms with Crippen molar-refractivity contribution in [1.82, 2.24) is 29.6 Å². The number of halogens is 1. The van der Waals surface area contributed by atoms with Gasteiger partial charge in [0.2, 0.25) is 5.95 Å². The van der Waals surface area contributed by atoms with Gasteiger partial charge in [-0.1, -0.05) is 42.8 Å². The molecule has 0 spiro atoms. The average Bonchev–Trinajstić information content (AvgIpc) is 3.31. The minimum atomic E-state index is 0.305. The third kappa shape index (κ3) is 6.57. The van der Waals surface area contributed by atoms with Crippen LogP contribution in [0.4, 0.5) is 11.8 Å². The van der Waals surface area contributed by atoms with E-state index in [4.69, 9.17) is 36.1 Å². The highest BCUT2D eigenvalue weighted by Gasteiger charge is 2.17. The first-order chi connectivity index (χ1) is 18.7. The summed E-state index contributed by atoms with van der Waals surface area (Å²) < 4.78 is 13.0. The van der Waals surface area contributed by atoms with Crippen LogP contribution in [0.1, 0.15) is 18.9 Å². The van der Waals surface area contributed by atoms with Crippen molar-refractivity contribution in [3.63, 3.8) is 0 Å². The van der Waals surface area contributed by atoms with Gasteiger partial charge >= 0.3 is 0 Å². The van der Waals surface area contributed by atoms with Crippen LogP contribution < -0.4 is 10.6 Å². The number of nitrogens with zero attached hydrogens (tertiary/aromatic N) is 6. The van der Waals surface area contributed by atoms with Crippen LogP contribution in [0.5, 0.6) is 0 Å². The van der Waals surface area contributed by atoms with Gasteiger partial charge in [0, 0.05) is 50.6 Å². The lowest BCUT2D eigenvalue weighted by molar-refractivity contribution is 0.0398. The Hall–Kier alpha value is -3.31. The lowest BCUT2D eigenvalue weighted by Crippen LogP contribution is -2.39. The zero-order valence-electron chi connectivity index (χ0n) is 21.6. The number of anilines is 2. The van der Waals surface area contributed by atoms with Crippen LogP contribution in [-0.2, 0) is 22.7 Å². The lowest BCUT2D eigenvalue weighted by atomic mass is 10.2. The van der Waals surface area contributed by atoms with Crippen molar-refractivity contribution in [3.05, 3.63) is 59.2 Å². The van der Waals surface area contributed by atoms with Crippen molar-refractivity contribution in [3.8, 4) is 11.4 Å². The topological polar surface area (TPSA) is 102 Å². The second-order valence-electron chi connectivity index (χ2n) is 9.05. The number of ether oxygens (including phenoxy) is 2. The molecule has 1 aliphatic heterocycles. The minimum absolute atomic E-state index is 0.305. The second-order valence-corrected chi connectivity index (χ2v) is 9.46. The van der Waals surface area contributed by atoms with E-state index in [1.807, 2.05) is 48.7 Å². The summed E-state index contributed by atoms with van der Waals surface area (Å²) in [4.78, 5) is 16.5. The average molecular weight is 537 g/mol. The Morgan fingerprint density at radius 2 is 1.92 bits per heavy atom. The summed E-state index contributed by atoms with van der Waals surface area (Å²) >= 11 is 6.31. The molecule has 0 unspecified atom stereocenters. The molecule has 38 heavy (non-hydrogen) atoms. The van der Waals surface area contributed by atoms with Crippen LogP contribution in [0.15, 0.2) is 48.7 Å². The molecule has 0 radical (unpaired) electrons. The number of benzene rings is 1. The van der Waals surface area contributed by atoms with Crippen molar-refractivity contribution in [2.75, 3.05) is 56.6 Å². The van der Waals surface area contributed by atoms with Crippen LogP contribution in [-0.4, -0.2) is 75.6 Å². The fourth-order valence-corrected chi connectivity index (χ4v) is 4.46. The highest BCUT2D eigenvalue weighted by atomic mass is 35.5. The normalized spacial score (nSPS) is 14.2. The first kappa shape index (κ1) is 26.3. The fraction of sp³-hybridized carbons (Fsp3) is 0.407. The highest BCUT2D eigenvalue weighted by molar-refractivity contribution is 6.31. The van der Waals surface area contributed by atoms with Gasteiger partial charge in [-0.15, -0.1) is 0 Å². The Labute approximate surface area is 227 Å². The number of nitrogens with one attached hydrogen (secondary N) is 2. The molecule has 0 amide bonds. The molecule has 0 bridgehead atoms. The zero-order chi connectivity index (χ0) is 26.2. The van der Waals surface area contributed by atoms with E-state index in [9.17, 15) is 0 Å². The van der Waals surface area contributed by atoms with Gasteiger partial charge in [0.15, 0.2) is 5.65 Å². The molecule has 2 N–H and O–H groups in total. The summed E-state index contributed by atoms with van der Waals surface area (Å²) in [7, 11) is 0. The summed E-state index contributed by atoms with van der Waals surface area (Å²) in [6.07, 6.45) is 2.74. The summed E-state index contributed by atoms with van der Waals surface area (Å²) in [6, 6.07) is 13.6. The Morgan fingerprint density at radius 3 is 2.76 bits per heavy atom. The van der Waals surface area contributed by atoms with Crippen molar-refractivity contribution >= 4 is 34.4 Å². The molecule has 3 aromatic heterocycles. The van der Waals surface area contributed by atoms with E-state index < -0.39 is 0 Å². The Bertz CT molecular complexity index is 1340. The van der Waals surface area contributed by atoms with Crippen LogP contribution in [0.3, 0.4) is 0 Å². The molecule has 4 aromatic rings. The molecule has 0 aliphatic carbocycles. The first-order valence-electron chi connectivity index (χ1n) is 13.0. The molecule has 5 rings (SSSR count). The Kier molecular flexibility index (Phi) is 8.98. The molecular weight excluding hydrogens is 504 g/mol. The molecule has 1 saturated heterocycles.